The minimum Gasteiger partial charge on any atom is -0.381 e. The zero-order valence-corrected chi connectivity index (χ0v) is 14.3. The molecule has 2 aromatic rings. The maximum atomic E-state index is 13.6. The molecule has 1 fully saturated rings. The molecule has 0 bridgehead atoms. The lowest BCUT2D eigenvalue weighted by Gasteiger charge is -2.17. The molecular formula is C20H24FN3O. The molecule has 0 spiro atoms. The summed E-state index contributed by atoms with van der Waals surface area (Å²) < 4.78 is 13.6. The number of carbonyl (C=O) groups is 1. The molecule has 1 aliphatic rings. The molecule has 0 atom stereocenters. The molecule has 1 amide bonds. The van der Waals surface area contributed by atoms with Crippen LogP contribution in [-0.2, 0) is 6.54 Å². The van der Waals surface area contributed by atoms with E-state index in [2.05, 4.69) is 15.6 Å². The molecule has 5 heteroatoms. The molecule has 1 heterocycles. The molecular weight excluding hydrogens is 317 g/mol. The second-order valence-electron chi connectivity index (χ2n) is 6.54. The van der Waals surface area contributed by atoms with Gasteiger partial charge in [0.15, 0.2) is 0 Å². The fourth-order valence-corrected chi connectivity index (χ4v) is 3.18. The van der Waals surface area contributed by atoms with Gasteiger partial charge in [-0.1, -0.05) is 43.9 Å². The molecule has 0 radical (unpaired) electrons. The first-order valence-corrected chi connectivity index (χ1v) is 8.96. The van der Waals surface area contributed by atoms with Crippen molar-refractivity contribution < 1.29 is 9.18 Å². The van der Waals surface area contributed by atoms with Crippen molar-refractivity contribution in [1.29, 1.82) is 0 Å². The van der Waals surface area contributed by atoms with Crippen molar-refractivity contribution in [3.8, 4) is 0 Å². The number of aromatic nitrogens is 1. The van der Waals surface area contributed by atoms with Gasteiger partial charge in [-0.15, -0.1) is 0 Å². The van der Waals surface area contributed by atoms with E-state index in [-0.39, 0.29) is 18.3 Å². The number of amides is 1. The number of carbonyl (C=O) groups excluding carboxylic acids is 1. The summed E-state index contributed by atoms with van der Waals surface area (Å²) in [5.74, 6) is -0.622. The van der Waals surface area contributed by atoms with E-state index in [4.69, 9.17) is 0 Å². The maximum Gasteiger partial charge on any atom is 0.270 e. The molecule has 3 rings (SSSR count). The van der Waals surface area contributed by atoms with Gasteiger partial charge in [-0.25, -0.2) is 9.37 Å². The number of benzene rings is 1. The summed E-state index contributed by atoms with van der Waals surface area (Å²) in [5.41, 5.74) is 1.74. The molecule has 25 heavy (non-hydrogen) atoms. The summed E-state index contributed by atoms with van der Waals surface area (Å²) in [6.07, 6.45) is 9.23. The van der Waals surface area contributed by atoms with Crippen LogP contribution >= 0.6 is 0 Å². The summed E-state index contributed by atoms with van der Waals surface area (Å²) in [6.45, 7) is 0.148. The van der Waals surface area contributed by atoms with Gasteiger partial charge >= 0.3 is 0 Å². The monoisotopic (exact) mass is 341 g/mol. The van der Waals surface area contributed by atoms with Crippen LogP contribution < -0.4 is 10.6 Å². The van der Waals surface area contributed by atoms with E-state index in [9.17, 15) is 9.18 Å². The molecule has 1 aliphatic carbocycles. The maximum absolute atomic E-state index is 13.6. The van der Waals surface area contributed by atoms with Gasteiger partial charge in [-0.2, -0.15) is 0 Å². The van der Waals surface area contributed by atoms with Crippen LogP contribution in [-0.4, -0.2) is 16.9 Å². The van der Waals surface area contributed by atoms with Crippen LogP contribution in [0, 0.1) is 5.82 Å². The number of nitrogens with zero attached hydrogens (tertiary/aromatic N) is 1. The van der Waals surface area contributed by atoms with Crippen molar-refractivity contribution in [2.24, 2.45) is 0 Å². The van der Waals surface area contributed by atoms with Gasteiger partial charge in [0.1, 0.15) is 11.5 Å². The largest absolute Gasteiger partial charge is 0.381 e. The summed E-state index contributed by atoms with van der Waals surface area (Å²) in [7, 11) is 0. The second kappa shape index (κ2) is 8.60. The molecule has 0 saturated heterocycles. The number of nitrogens with one attached hydrogen (secondary N) is 2. The van der Waals surface area contributed by atoms with Crippen molar-refractivity contribution in [1.82, 2.24) is 10.3 Å². The van der Waals surface area contributed by atoms with Gasteiger partial charge in [0.2, 0.25) is 0 Å². The van der Waals surface area contributed by atoms with Crippen molar-refractivity contribution in [2.75, 3.05) is 5.32 Å². The Kier molecular flexibility index (Phi) is 5.99. The van der Waals surface area contributed by atoms with Gasteiger partial charge < -0.3 is 10.6 Å². The normalized spacial score (nSPS) is 15.4. The van der Waals surface area contributed by atoms with Crippen LogP contribution in [0.25, 0.3) is 0 Å². The molecule has 0 aliphatic heterocycles. The van der Waals surface area contributed by atoms with Crippen molar-refractivity contribution >= 4 is 11.6 Å². The first-order chi connectivity index (χ1) is 12.2. The van der Waals surface area contributed by atoms with Gasteiger partial charge in [-0.05, 0) is 31.0 Å². The van der Waals surface area contributed by atoms with Gasteiger partial charge in [0, 0.05) is 18.2 Å². The number of halogens is 1. The summed E-state index contributed by atoms with van der Waals surface area (Å²) in [6, 6.07) is 10.5. The Morgan fingerprint density at radius 1 is 1.08 bits per heavy atom. The van der Waals surface area contributed by atoms with E-state index >= 15 is 0 Å². The van der Waals surface area contributed by atoms with Crippen LogP contribution in [0.1, 0.15) is 54.6 Å². The smallest absolute Gasteiger partial charge is 0.270 e. The number of rotatable bonds is 5. The van der Waals surface area contributed by atoms with Crippen molar-refractivity contribution in [3.05, 3.63) is 59.7 Å². The van der Waals surface area contributed by atoms with E-state index < -0.39 is 0 Å². The van der Waals surface area contributed by atoms with Gasteiger partial charge in [-0.3, -0.25) is 4.79 Å². The zero-order chi connectivity index (χ0) is 17.5. The Balaban J connectivity index is 1.54. The summed E-state index contributed by atoms with van der Waals surface area (Å²) >= 11 is 0. The van der Waals surface area contributed by atoms with E-state index in [1.165, 1.54) is 44.6 Å². The first kappa shape index (κ1) is 17.4. The zero-order valence-electron chi connectivity index (χ0n) is 14.3. The lowest BCUT2D eigenvalue weighted by atomic mass is 10.1. The lowest BCUT2D eigenvalue weighted by Crippen LogP contribution is -2.24. The van der Waals surface area contributed by atoms with Gasteiger partial charge in [0.05, 0.1) is 11.9 Å². The van der Waals surface area contributed by atoms with Crippen LogP contribution in [0.3, 0.4) is 0 Å². The third-order valence-corrected chi connectivity index (χ3v) is 4.62. The van der Waals surface area contributed by atoms with Crippen molar-refractivity contribution in [3.63, 3.8) is 0 Å². The molecule has 132 valence electrons. The minimum atomic E-state index is -0.321. The highest BCUT2D eigenvalue weighted by Gasteiger charge is 2.13. The minimum absolute atomic E-state index is 0.148. The molecule has 1 aromatic carbocycles. The highest BCUT2D eigenvalue weighted by atomic mass is 19.1. The highest BCUT2D eigenvalue weighted by molar-refractivity contribution is 5.92. The number of hydrogen-bond donors (Lipinski definition) is 2. The fraction of sp³-hybridized carbons (Fsp3) is 0.400. The SMILES string of the molecule is O=C(NCc1ccccc1F)c1ccc(NC2CCCCCC2)cn1. The average Bonchev–Trinajstić information content (AvgIpc) is 2.90. The predicted molar refractivity (Wildman–Crippen MR) is 96.9 cm³/mol. The van der Waals surface area contributed by atoms with Crippen molar-refractivity contribution in [2.45, 2.75) is 51.1 Å². The topological polar surface area (TPSA) is 54.0 Å². The number of anilines is 1. The lowest BCUT2D eigenvalue weighted by molar-refractivity contribution is 0.0945. The number of pyridine rings is 1. The van der Waals surface area contributed by atoms with E-state index in [1.54, 1.807) is 30.5 Å². The summed E-state index contributed by atoms with van der Waals surface area (Å²) in [4.78, 5) is 16.4. The van der Waals surface area contributed by atoms with E-state index in [0.29, 0.717) is 17.3 Å². The molecule has 1 aromatic heterocycles. The molecule has 1 saturated carbocycles. The van der Waals surface area contributed by atoms with Crippen LogP contribution in [0.4, 0.5) is 10.1 Å². The Morgan fingerprint density at radius 3 is 2.52 bits per heavy atom. The third-order valence-electron chi connectivity index (χ3n) is 4.62. The Hall–Kier alpha value is -2.43. The number of hydrogen-bond acceptors (Lipinski definition) is 3. The average molecular weight is 341 g/mol. The van der Waals surface area contributed by atoms with Crippen LogP contribution in [0.5, 0.6) is 0 Å². The Labute approximate surface area is 147 Å². The molecule has 2 N–H and O–H groups in total. The van der Waals surface area contributed by atoms with Crippen LogP contribution in [0.15, 0.2) is 42.6 Å². The Morgan fingerprint density at radius 2 is 1.84 bits per heavy atom. The molecule has 0 unspecified atom stereocenters. The van der Waals surface area contributed by atoms with E-state index in [1.807, 2.05) is 6.07 Å². The second-order valence-corrected chi connectivity index (χ2v) is 6.54. The summed E-state index contributed by atoms with van der Waals surface area (Å²) in [5, 5.41) is 6.21. The quantitative estimate of drug-likeness (QED) is 0.798. The Bertz CT molecular complexity index is 694. The van der Waals surface area contributed by atoms with Gasteiger partial charge in [0.25, 0.3) is 5.91 Å². The standard InChI is InChI=1S/C20H24FN3O/c21-18-10-6-5-7-15(18)13-23-20(25)19-12-11-17(14-22-19)24-16-8-3-1-2-4-9-16/h5-7,10-12,14,16,24H,1-4,8-9,13H2,(H,23,25). The van der Waals surface area contributed by atoms with E-state index in [0.717, 1.165) is 5.69 Å². The highest BCUT2D eigenvalue weighted by Crippen LogP contribution is 2.20. The molecule has 4 nitrogen and oxygen atoms in total. The van der Waals surface area contributed by atoms with Crippen LogP contribution in [0.2, 0.25) is 0 Å². The predicted octanol–water partition coefficient (Wildman–Crippen LogP) is 4.29. The fourth-order valence-electron chi connectivity index (χ4n) is 3.18. The third kappa shape index (κ3) is 5.02. The first-order valence-electron chi connectivity index (χ1n) is 8.96.